The quantitative estimate of drug-likeness (QED) is 0.810. The van der Waals surface area contributed by atoms with Crippen molar-refractivity contribution in [3.05, 3.63) is 17.0 Å². The van der Waals surface area contributed by atoms with Gasteiger partial charge in [-0.2, -0.15) is 0 Å². The zero-order valence-corrected chi connectivity index (χ0v) is 10.2. The Hall–Kier alpha value is -1.01. The summed E-state index contributed by atoms with van der Waals surface area (Å²) >= 11 is 1.74. The molecule has 5 nitrogen and oxygen atoms in total. The van der Waals surface area contributed by atoms with Gasteiger partial charge in [-0.25, -0.2) is 0 Å². The fourth-order valence-corrected chi connectivity index (χ4v) is 2.56. The number of carbonyl (C=O) groups is 1. The molecule has 88 valence electrons. The maximum atomic E-state index is 11.7. The van der Waals surface area contributed by atoms with Gasteiger partial charge in [-0.1, -0.05) is 5.16 Å². The number of amides is 1. The van der Waals surface area contributed by atoms with Crippen LogP contribution in [0.3, 0.4) is 0 Å². The van der Waals surface area contributed by atoms with Crippen LogP contribution in [0.5, 0.6) is 0 Å². The van der Waals surface area contributed by atoms with Gasteiger partial charge in [0.15, 0.2) is 0 Å². The van der Waals surface area contributed by atoms with Gasteiger partial charge in [0.05, 0.1) is 11.7 Å². The largest absolute Gasteiger partial charge is 0.361 e. The molecule has 6 heteroatoms. The third kappa shape index (κ3) is 2.38. The summed E-state index contributed by atoms with van der Waals surface area (Å²) in [5.41, 5.74) is 1.81. The van der Waals surface area contributed by atoms with E-state index in [9.17, 15) is 4.79 Å². The van der Waals surface area contributed by atoms with E-state index in [1.54, 1.807) is 11.8 Å². The summed E-state index contributed by atoms with van der Waals surface area (Å²) in [6, 6.07) is -0.0644. The van der Waals surface area contributed by atoms with Gasteiger partial charge >= 0.3 is 0 Å². The van der Waals surface area contributed by atoms with E-state index >= 15 is 0 Å². The van der Waals surface area contributed by atoms with E-state index in [1.807, 2.05) is 13.8 Å². The Morgan fingerprint density at radius 3 is 3.06 bits per heavy atom. The van der Waals surface area contributed by atoms with Gasteiger partial charge in [0.25, 0.3) is 0 Å². The summed E-state index contributed by atoms with van der Waals surface area (Å²) in [7, 11) is 0. The van der Waals surface area contributed by atoms with Gasteiger partial charge < -0.3 is 9.84 Å². The SMILES string of the molecule is Cc1noc(C)c1CNC(=O)C1CSCN1. The number of aryl methyl sites for hydroxylation is 2. The van der Waals surface area contributed by atoms with Crippen LogP contribution in [-0.2, 0) is 11.3 Å². The summed E-state index contributed by atoms with van der Waals surface area (Å²) in [6.07, 6.45) is 0. The normalized spacial score (nSPS) is 20.0. The van der Waals surface area contributed by atoms with Crippen molar-refractivity contribution < 1.29 is 9.32 Å². The highest BCUT2D eigenvalue weighted by atomic mass is 32.2. The summed E-state index contributed by atoms with van der Waals surface area (Å²) in [5, 5.41) is 9.87. The molecule has 1 unspecified atom stereocenters. The standard InChI is InChI=1S/C10H15N3O2S/c1-6-8(7(2)15-13-6)3-11-10(14)9-4-16-5-12-9/h9,12H,3-5H2,1-2H3,(H,11,14). The van der Waals surface area contributed by atoms with Crippen LogP contribution >= 0.6 is 11.8 Å². The molecule has 1 atom stereocenters. The Morgan fingerprint density at radius 2 is 2.50 bits per heavy atom. The molecule has 0 aromatic carbocycles. The van der Waals surface area contributed by atoms with Crippen LogP contribution in [-0.4, -0.2) is 28.7 Å². The number of hydrogen-bond acceptors (Lipinski definition) is 5. The van der Waals surface area contributed by atoms with Gasteiger partial charge in [0.1, 0.15) is 5.76 Å². The van der Waals surface area contributed by atoms with Crippen LogP contribution in [0.1, 0.15) is 17.0 Å². The lowest BCUT2D eigenvalue weighted by molar-refractivity contribution is -0.122. The van der Waals surface area contributed by atoms with Crippen molar-refractivity contribution in [1.29, 1.82) is 0 Å². The molecule has 0 bridgehead atoms. The van der Waals surface area contributed by atoms with E-state index in [0.717, 1.165) is 28.6 Å². The molecule has 2 heterocycles. The molecule has 1 aromatic rings. The fraction of sp³-hybridized carbons (Fsp3) is 0.600. The van der Waals surface area contributed by atoms with Crippen LogP contribution < -0.4 is 10.6 Å². The summed E-state index contributed by atoms with van der Waals surface area (Å²) < 4.78 is 5.03. The van der Waals surface area contributed by atoms with Crippen LogP contribution in [0.15, 0.2) is 4.52 Å². The summed E-state index contributed by atoms with van der Waals surface area (Å²) in [4.78, 5) is 11.7. The van der Waals surface area contributed by atoms with Gasteiger partial charge in [-0.3, -0.25) is 10.1 Å². The number of thioether (sulfide) groups is 1. The molecule has 2 rings (SSSR count). The van der Waals surface area contributed by atoms with Crippen LogP contribution in [0.4, 0.5) is 0 Å². The first-order valence-electron chi connectivity index (χ1n) is 5.19. The molecule has 1 fully saturated rings. The van der Waals surface area contributed by atoms with E-state index in [2.05, 4.69) is 15.8 Å². The van der Waals surface area contributed by atoms with Crippen LogP contribution in [0.2, 0.25) is 0 Å². The molecular weight excluding hydrogens is 226 g/mol. The monoisotopic (exact) mass is 241 g/mol. The Morgan fingerprint density at radius 1 is 1.69 bits per heavy atom. The first-order chi connectivity index (χ1) is 7.68. The minimum Gasteiger partial charge on any atom is -0.361 e. The lowest BCUT2D eigenvalue weighted by Gasteiger charge is -2.09. The number of nitrogens with zero attached hydrogens (tertiary/aromatic N) is 1. The Labute approximate surface area is 98.3 Å². The van der Waals surface area contributed by atoms with Crippen molar-refractivity contribution in [2.45, 2.75) is 26.4 Å². The number of hydrogen-bond donors (Lipinski definition) is 2. The molecule has 2 N–H and O–H groups in total. The molecule has 1 amide bonds. The van der Waals surface area contributed by atoms with E-state index < -0.39 is 0 Å². The van der Waals surface area contributed by atoms with Crippen molar-refractivity contribution in [2.75, 3.05) is 11.6 Å². The summed E-state index contributed by atoms with van der Waals surface area (Å²) in [5.74, 6) is 2.51. The van der Waals surface area contributed by atoms with Gasteiger partial charge in [-0.05, 0) is 13.8 Å². The number of carbonyl (C=O) groups excluding carboxylic acids is 1. The molecule has 0 saturated carbocycles. The molecule has 1 aliphatic heterocycles. The predicted molar refractivity (Wildman–Crippen MR) is 62.1 cm³/mol. The molecular formula is C10H15N3O2S. The minimum absolute atomic E-state index is 0.0463. The molecule has 0 aliphatic carbocycles. The maximum absolute atomic E-state index is 11.7. The van der Waals surface area contributed by atoms with E-state index in [-0.39, 0.29) is 11.9 Å². The molecule has 0 radical (unpaired) electrons. The highest BCUT2D eigenvalue weighted by molar-refractivity contribution is 7.99. The molecule has 1 aliphatic rings. The summed E-state index contributed by atoms with van der Waals surface area (Å²) in [6.45, 7) is 4.22. The fourth-order valence-electron chi connectivity index (χ4n) is 1.62. The third-order valence-corrected chi connectivity index (χ3v) is 3.59. The van der Waals surface area contributed by atoms with Gasteiger partial charge in [-0.15, -0.1) is 11.8 Å². The predicted octanol–water partition coefficient (Wildman–Crippen LogP) is 0.570. The smallest absolute Gasteiger partial charge is 0.238 e. The zero-order chi connectivity index (χ0) is 11.5. The molecule has 1 saturated heterocycles. The lowest BCUT2D eigenvalue weighted by Crippen LogP contribution is -2.41. The topological polar surface area (TPSA) is 67.2 Å². The van der Waals surface area contributed by atoms with Crippen LogP contribution in [0, 0.1) is 13.8 Å². The first-order valence-corrected chi connectivity index (χ1v) is 6.34. The molecule has 1 aromatic heterocycles. The Kier molecular flexibility index (Phi) is 3.50. The second-order valence-electron chi connectivity index (χ2n) is 3.79. The van der Waals surface area contributed by atoms with Gasteiger partial charge in [0.2, 0.25) is 5.91 Å². The number of aromatic nitrogens is 1. The van der Waals surface area contributed by atoms with Crippen molar-refractivity contribution in [3.8, 4) is 0 Å². The Balaban J connectivity index is 1.89. The van der Waals surface area contributed by atoms with Crippen molar-refractivity contribution in [3.63, 3.8) is 0 Å². The van der Waals surface area contributed by atoms with E-state index in [0.29, 0.717) is 6.54 Å². The van der Waals surface area contributed by atoms with E-state index in [1.165, 1.54) is 0 Å². The second kappa shape index (κ2) is 4.88. The van der Waals surface area contributed by atoms with E-state index in [4.69, 9.17) is 4.52 Å². The highest BCUT2D eigenvalue weighted by Gasteiger charge is 2.22. The average molecular weight is 241 g/mol. The second-order valence-corrected chi connectivity index (χ2v) is 4.82. The van der Waals surface area contributed by atoms with Gasteiger partial charge in [0, 0.05) is 23.7 Å². The highest BCUT2D eigenvalue weighted by Crippen LogP contribution is 2.13. The zero-order valence-electron chi connectivity index (χ0n) is 9.37. The molecule has 0 spiro atoms. The van der Waals surface area contributed by atoms with Crippen molar-refractivity contribution in [1.82, 2.24) is 15.8 Å². The molecule has 16 heavy (non-hydrogen) atoms. The third-order valence-electron chi connectivity index (χ3n) is 2.65. The first kappa shape index (κ1) is 11.5. The average Bonchev–Trinajstić information content (AvgIpc) is 2.87. The van der Waals surface area contributed by atoms with Crippen LogP contribution in [0.25, 0.3) is 0 Å². The number of nitrogens with one attached hydrogen (secondary N) is 2. The Bertz CT molecular complexity index is 366. The minimum atomic E-state index is -0.0644. The van der Waals surface area contributed by atoms with Crippen molar-refractivity contribution in [2.24, 2.45) is 0 Å². The van der Waals surface area contributed by atoms with Crippen molar-refractivity contribution >= 4 is 17.7 Å². The maximum Gasteiger partial charge on any atom is 0.238 e. The lowest BCUT2D eigenvalue weighted by atomic mass is 10.2. The number of rotatable bonds is 3.